The molecule has 0 N–H and O–H groups in total. The number of amides is 2. The molecule has 2 aromatic carbocycles. The minimum atomic E-state index is -0.417. The quantitative estimate of drug-likeness (QED) is 0.739. The van der Waals surface area contributed by atoms with Crippen molar-refractivity contribution in [1.29, 1.82) is 0 Å². The lowest BCUT2D eigenvalue weighted by atomic mass is 9.97. The first-order valence-corrected chi connectivity index (χ1v) is 9.78. The molecule has 1 saturated heterocycles. The van der Waals surface area contributed by atoms with E-state index in [4.69, 9.17) is 4.74 Å². The molecular formula is C23H23FN2O3. The van der Waals surface area contributed by atoms with E-state index in [9.17, 15) is 14.0 Å². The zero-order chi connectivity index (χ0) is 20.5. The van der Waals surface area contributed by atoms with Crippen molar-refractivity contribution < 1.29 is 18.7 Å². The molecule has 0 spiro atoms. The van der Waals surface area contributed by atoms with Gasteiger partial charge in [0.15, 0.2) is 0 Å². The molecule has 29 heavy (non-hydrogen) atoms. The van der Waals surface area contributed by atoms with Crippen LogP contribution < -0.4 is 9.64 Å². The number of anilines is 1. The van der Waals surface area contributed by atoms with Gasteiger partial charge < -0.3 is 9.64 Å². The zero-order valence-electron chi connectivity index (χ0n) is 16.5. The molecule has 0 aliphatic carbocycles. The monoisotopic (exact) mass is 394 g/mol. The third-order valence-electron chi connectivity index (χ3n) is 5.62. The normalized spacial score (nSPS) is 18.0. The summed E-state index contributed by atoms with van der Waals surface area (Å²) in [4.78, 5) is 30.1. The summed E-state index contributed by atoms with van der Waals surface area (Å²) in [5.41, 5.74) is 1.65. The number of halogens is 1. The minimum Gasteiger partial charge on any atom is -0.495 e. The van der Waals surface area contributed by atoms with Crippen molar-refractivity contribution in [3.63, 3.8) is 0 Å². The van der Waals surface area contributed by atoms with Gasteiger partial charge >= 0.3 is 0 Å². The molecule has 6 heteroatoms. The maximum atomic E-state index is 13.5. The van der Waals surface area contributed by atoms with Crippen molar-refractivity contribution in [3.05, 3.63) is 65.6 Å². The molecule has 0 aromatic heterocycles. The van der Waals surface area contributed by atoms with Crippen LogP contribution in [0.5, 0.6) is 5.75 Å². The smallest absolute Gasteiger partial charge is 0.282 e. The number of carbonyl (C=O) groups is 2. The molecule has 2 heterocycles. The summed E-state index contributed by atoms with van der Waals surface area (Å²) < 4.78 is 18.9. The van der Waals surface area contributed by atoms with Crippen LogP contribution in [-0.2, 0) is 9.59 Å². The first-order valence-electron chi connectivity index (χ1n) is 9.78. The average molecular weight is 394 g/mol. The third kappa shape index (κ3) is 3.39. The summed E-state index contributed by atoms with van der Waals surface area (Å²) in [6.45, 7) is 3.61. The Morgan fingerprint density at radius 3 is 2.28 bits per heavy atom. The van der Waals surface area contributed by atoms with Gasteiger partial charge in [0.25, 0.3) is 11.8 Å². The van der Waals surface area contributed by atoms with E-state index in [-0.39, 0.29) is 11.7 Å². The molecule has 0 saturated carbocycles. The Morgan fingerprint density at radius 2 is 1.62 bits per heavy atom. The highest BCUT2D eigenvalue weighted by Gasteiger charge is 2.43. The molecular weight excluding hydrogens is 371 g/mol. The average Bonchev–Trinajstić information content (AvgIpc) is 2.99. The highest BCUT2D eigenvalue weighted by molar-refractivity contribution is 6.45. The Labute approximate surface area is 169 Å². The fourth-order valence-corrected chi connectivity index (χ4v) is 3.95. The van der Waals surface area contributed by atoms with Crippen LogP contribution in [0.1, 0.15) is 25.3 Å². The summed E-state index contributed by atoms with van der Waals surface area (Å²) in [7, 11) is 1.51. The van der Waals surface area contributed by atoms with Gasteiger partial charge in [0.2, 0.25) is 0 Å². The van der Waals surface area contributed by atoms with Gasteiger partial charge in [0, 0.05) is 13.1 Å². The van der Waals surface area contributed by atoms with Gasteiger partial charge in [-0.3, -0.25) is 9.59 Å². The summed E-state index contributed by atoms with van der Waals surface area (Å²) >= 11 is 0. The number of methoxy groups -OCH3 is 1. The van der Waals surface area contributed by atoms with E-state index in [1.807, 2.05) is 4.90 Å². The number of nitrogens with zero attached hydrogens (tertiary/aromatic N) is 2. The van der Waals surface area contributed by atoms with E-state index in [0.29, 0.717) is 47.3 Å². The Bertz CT molecular complexity index is 976. The van der Waals surface area contributed by atoms with E-state index in [1.54, 1.807) is 36.4 Å². The first-order chi connectivity index (χ1) is 14.0. The summed E-state index contributed by atoms with van der Waals surface area (Å²) in [5.74, 6) is -0.144. The number of carbonyl (C=O) groups excluding carboxylic acids is 2. The van der Waals surface area contributed by atoms with Crippen LogP contribution in [0.15, 0.2) is 54.2 Å². The predicted octanol–water partition coefficient (Wildman–Crippen LogP) is 3.85. The number of ether oxygens (including phenoxy) is 1. The Kier molecular flexibility index (Phi) is 5.09. The standard InChI is InChI=1S/C23H23FN2O3/c1-15-11-13-25(14-12-15)21-20(16-7-9-17(24)10-8-16)22(27)26(23(21)28)18-5-3-4-6-19(18)29-2/h3-10,15H,11-14H2,1-2H3. The van der Waals surface area contributed by atoms with Crippen LogP contribution in [0.4, 0.5) is 10.1 Å². The van der Waals surface area contributed by atoms with Gasteiger partial charge in [-0.2, -0.15) is 0 Å². The molecule has 4 rings (SSSR count). The number of piperidine rings is 1. The largest absolute Gasteiger partial charge is 0.495 e. The van der Waals surface area contributed by atoms with Crippen LogP contribution in [0.3, 0.4) is 0 Å². The van der Waals surface area contributed by atoms with Gasteiger partial charge in [0.05, 0.1) is 18.4 Å². The SMILES string of the molecule is COc1ccccc1N1C(=O)C(c2ccc(F)cc2)=C(N2CCC(C)CC2)C1=O. The molecule has 2 amide bonds. The van der Waals surface area contributed by atoms with E-state index in [2.05, 4.69) is 6.92 Å². The number of benzene rings is 2. The van der Waals surface area contributed by atoms with Crippen molar-refractivity contribution in [2.75, 3.05) is 25.1 Å². The molecule has 150 valence electrons. The second-order valence-corrected chi connectivity index (χ2v) is 7.52. The molecule has 0 radical (unpaired) electrons. The van der Waals surface area contributed by atoms with Gasteiger partial charge in [-0.15, -0.1) is 0 Å². The van der Waals surface area contributed by atoms with E-state index in [1.165, 1.54) is 24.1 Å². The van der Waals surface area contributed by atoms with Crippen LogP contribution in [0.2, 0.25) is 0 Å². The van der Waals surface area contributed by atoms with Crippen LogP contribution in [0, 0.1) is 11.7 Å². The molecule has 2 aliphatic rings. The van der Waals surface area contributed by atoms with E-state index >= 15 is 0 Å². The predicted molar refractivity (Wildman–Crippen MR) is 109 cm³/mol. The summed E-state index contributed by atoms with van der Waals surface area (Å²) in [6.07, 6.45) is 1.91. The highest BCUT2D eigenvalue weighted by Crippen LogP contribution is 2.39. The molecule has 2 aromatic rings. The number of likely N-dealkylation sites (tertiary alicyclic amines) is 1. The molecule has 0 atom stereocenters. The second kappa shape index (κ2) is 7.70. The van der Waals surface area contributed by atoms with Gasteiger partial charge in [0.1, 0.15) is 17.3 Å². The van der Waals surface area contributed by atoms with Crippen LogP contribution >= 0.6 is 0 Å². The lowest BCUT2D eigenvalue weighted by Crippen LogP contribution is -2.38. The molecule has 0 bridgehead atoms. The molecule has 2 aliphatic heterocycles. The maximum Gasteiger partial charge on any atom is 0.282 e. The van der Waals surface area contributed by atoms with Crippen LogP contribution in [-0.4, -0.2) is 36.9 Å². The lowest BCUT2D eigenvalue weighted by molar-refractivity contribution is -0.120. The number of rotatable bonds is 4. The topological polar surface area (TPSA) is 49.9 Å². The number of imide groups is 1. The van der Waals surface area contributed by atoms with Gasteiger partial charge in [-0.05, 0) is 48.6 Å². The van der Waals surface area contributed by atoms with Crippen molar-refractivity contribution in [2.45, 2.75) is 19.8 Å². The molecule has 1 fully saturated rings. The fourth-order valence-electron chi connectivity index (χ4n) is 3.95. The lowest BCUT2D eigenvalue weighted by Gasteiger charge is -2.32. The van der Waals surface area contributed by atoms with Gasteiger partial charge in [-0.1, -0.05) is 31.2 Å². The Balaban J connectivity index is 1.82. The number of hydrogen-bond donors (Lipinski definition) is 0. The van der Waals surface area contributed by atoms with Crippen molar-refractivity contribution in [1.82, 2.24) is 4.90 Å². The first kappa shape index (κ1) is 19.2. The molecule has 0 unspecified atom stereocenters. The van der Waals surface area contributed by atoms with Crippen molar-refractivity contribution >= 4 is 23.1 Å². The fraction of sp³-hybridized carbons (Fsp3) is 0.304. The molecule has 5 nitrogen and oxygen atoms in total. The minimum absolute atomic E-state index is 0.315. The second-order valence-electron chi connectivity index (χ2n) is 7.52. The van der Waals surface area contributed by atoms with Crippen LogP contribution in [0.25, 0.3) is 5.57 Å². The highest BCUT2D eigenvalue weighted by atomic mass is 19.1. The number of para-hydroxylation sites is 2. The number of hydrogen-bond acceptors (Lipinski definition) is 4. The Morgan fingerprint density at radius 1 is 0.966 bits per heavy atom. The third-order valence-corrected chi connectivity index (χ3v) is 5.62. The van der Waals surface area contributed by atoms with Crippen molar-refractivity contribution in [3.8, 4) is 5.75 Å². The van der Waals surface area contributed by atoms with Gasteiger partial charge in [-0.25, -0.2) is 9.29 Å². The Hall–Kier alpha value is -3.15. The zero-order valence-corrected chi connectivity index (χ0v) is 16.5. The summed E-state index contributed by atoms with van der Waals surface area (Å²) in [5, 5.41) is 0. The van der Waals surface area contributed by atoms with Crippen molar-refractivity contribution in [2.24, 2.45) is 5.92 Å². The summed E-state index contributed by atoms with van der Waals surface area (Å²) in [6, 6.07) is 12.7. The van der Waals surface area contributed by atoms with E-state index < -0.39 is 5.91 Å². The maximum absolute atomic E-state index is 13.5. The van der Waals surface area contributed by atoms with E-state index in [0.717, 1.165) is 12.8 Å².